The molecule has 1 fully saturated rings. The first kappa shape index (κ1) is 21.0. The number of ether oxygens (including phenoxy) is 1. The topological polar surface area (TPSA) is 123 Å². The molecule has 5 aromatic rings. The van der Waals surface area contributed by atoms with Crippen molar-refractivity contribution in [3.63, 3.8) is 0 Å². The number of hydrogen-bond donors (Lipinski definition) is 1. The maximum Gasteiger partial charge on any atom is 0.263 e. The number of nitrogens with one attached hydrogen (secondary N) is 1. The van der Waals surface area contributed by atoms with E-state index in [9.17, 15) is 4.79 Å². The minimum Gasteiger partial charge on any atom is -0.436 e. The van der Waals surface area contributed by atoms with Crippen LogP contribution in [0.3, 0.4) is 0 Å². The fraction of sp³-hybridized carbons (Fsp3) is 0.200. The van der Waals surface area contributed by atoms with Gasteiger partial charge in [-0.05, 0) is 49.7 Å². The second kappa shape index (κ2) is 8.64. The predicted molar refractivity (Wildman–Crippen MR) is 127 cm³/mol. The molecule has 0 aliphatic carbocycles. The molecule has 1 aliphatic rings. The monoisotopic (exact) mass is 467 g/mol. The third-order valence-electron chi connectivity index (χ3n) is 5.96. The van der Waals surface area contributed by atoms with Gasteiger partial charge in [0.05, 0.1) is 17.0 Å². The molecule has 35 heavy (non-hydrogen) atoms. The Labute approximate surface area is 200 Å². The maximum absolute atomic E-state index is 12.9. The number of benzene rings is 2. The first-order valence-corrected chi connectivity index (χ1v) is 11.3. The molecule has 1 atom stereocenters. The number of imidazole rings is 1. The van der Waals surface area contributed by atoms with Crippen LogP contribution in [-0.2, 0) is 0 Å². The van der Waals surface area contributed by atoms with E-state index in [0.717, 1.165) is 24.0 Å². The molecule has 0 bridgehead atoms. The van der Waals surface area contributed by atoms with E-state index < -0.39 is 0 Å². The fourth-order valence-corrected chi connectivity index (χ4v) is 4.22. The van der Waals surface area contributed by atoms with Gasteiger partial charge in [0.1, 0.15) is 5.75 Å². The van der Waals surface area contributed by atoms with Crippen LogP contribution < -0.4 is 9.64 Å². The van der Waals surface area contributed by atoms with Crippen molar-refractivity contribution in [2.45, 2.75) is 19.3 Å². The molecule has 0 amide bonds. The summed E-state index contributed by atoms with van der Waals surface area (Å²) < 4.78 is 11.4. The highest BCUT2D eigenvalue weighted by Crippen LogP contribution is 2.34. The Bertz CT molecular complexity index is 1480. The van der Waals surface area contributed by atoms with Crippen molar-refractivity contribution in [2.24, 2.45) is 0 Å². The molecule has 1 saturated heterocycles. The normalized spacial score (nSPS) is 15.6. The molecule has 4 heterocycles. The maximum atomic E-state index is 12.9. The lowest BCUT2D eigenvalue weighted by Gasteiger charge is -2.19. The second-order valence-corrected chi connectivity index (χ2v) is 8.35. The van der Waals surface area contributed by atoms with Crippen LogP contribution in [0, 0.1) is 6.92 Å². The summed E-state index contributed by atoms with van der Waals surface area (Å²) in [7, 11) is 0. The minimum atomic E-state index is -0.188. The predicted octanol–water partition coefficient (Wildman–Crippen LogP) is 4.06. The van der Waals surface area contributed by atoms with Gasteiger partial charge < -0.3 is 19.1 Å². The first-order chi connectivity index (χ1) is 17.1. The molecule has 1 unspecified atom stereocenters. The molecule has 0 saturated carbocycles. The number of nitrogens with zero attached hydrogens (tertiary/aromatic N) is 6. The Hall–Kier alpha value is -4.60. The van der Waals surface area contributed by atoms with Crippen LogP contribution in [0.15, 0.2) is 65.4 Å². The van der Waals surface area contributed by atoms with Gasteiger partial charge in [0.25, 0.3) is 5.88 Å². The Morgan fingerprint density at radius 3 is 2.71 bits per heavy atom. The first-order valence-electron chi connectivity index (χ1n) is 11.3. The van der Waals surface area contributed by atoms with Crippen molar-refractivity contribution in [1.82, 2.24) is 30.1 Å². The van der Waals surface area contributed by atoms with Crippen LogP contribution in [0.1, 0.15) is 40.2 Å². The number of para-hydroxylation sites is 2. The summed E-state index contributed by atoms with van der Waals surface area (Å²) in [4.78, 5) is 35.7. The zero-order chi connectivity index (χ0) is 23.8. The number of aromatic nitrogens is 6. The van der Waals surface area contributed by atoms with Gasteiger partial charge >= 0.3 is 0 Å². The number of rotatable bonds is 6. The number of carbonyl (C=O) groups is 1. The second-order valence-electron chi connectivity index (χ2n) is 8.35. The third kappa shape index (κ3) is 4.10. The van der Waals surface area contributed by atoms with Crippen LogP contribution in [0.4, 0.5) is 5.82 Å². The largest absolute Gasteiger partial charge is 0.436 e. The van der Waals surface area contributed by atoms with Gasteiger partial charge in [-0.3, -0.25) is 4.79 Å². The van der Waals surface area contributed by atoms with E-state index in [4.69, 9.17) is 9.26 Å². The van der Waals surface area contributed by atoms with E-state index >= 15 is 0 Å². The molecule has 10 nitrogen and oxygen atoms in total. The van der Waals surface area contributed by atoms with Gasteiger partial charge in [-0.1, -0.05) is 17.3 Å². The average molecular weight is 467 g/mol. The molecule has 174 valence electrons. The summed E-state index contributed by atoms with van der Waals surface area (Å²) in [6.07, 6.45) is 4.10. The summed E-state index contributed by atoms with van der Waals surface area (Å²) in [5.74, 6) is 3.11. The number of ketones is 1. The average Bonchev–Trinajstić information content (AvgIpc) is 3.64. The quantitative estimate of drug-likeness (QED) is 0.368. The van der Waals surface area contributed by atoms with Crippen LogP contribution in [0.5, 0.6) is 11.6 Å². The summed E-state index contributed by atoms with van der Waals surface area (Å²) in [6.45, 7) is 3.26. The van der Waals surface area contributed by atoms with E-state index in [1.165, 1.54) is 0 Å². The van der Waals surface area contributed by atoms with Crippen molar-refractivity contribution in [3.8, 4) is 11.6 Å². The third-order valence-corrected chi connectivity index (χ3v) is 5.96. The number of aromatic amines is 1. The van der Waals surface area contributed by atoms with Crippen LogP contribution >= 0.6 is 0 Å². The van der Waals surface area contributed by atoms with Crippen LogP contribution in [0.25, 0.3) is 11.0 Å². The molecular formula is C25H21N7O3. The highest BCUT2D eigenvalue weighted by molar-refractivity contribution is 6.08. The lowest BCUT2D eigenvalue weighted by atomic mass is 10.1. The summed E-state index contributed by atoms with van der Waals surface area (Å²) >= 11 is 0. The Balaban J connectivity index is 1.18. The Morgan fingerprint density at radius 1 is 1.09 bits per heavy atom. The van der Waals surface area contributed by atoms with Gasteiger partial charge in [0.2, 0.25) is 11.7 Å². The lowest BCUT2D eigenvalue weighted by molar-refractivity contribution is 0.103. The van der Waals surface area contributed by atoms with Crippen LogP contribution in [0.2, 0.25) is 0 Å². The van der Waals surface area contributed by atoms with Gasteiger partial charge in [0.15, 0.2) is 17.5 Å². The Kier molecular flexibility index (Phi) is 5.17. The molecule has 3 aromatic heterocycles. The molecule has 6 rings (SSSR count). The van der Waals surface area contributed by atoms with Gasteiger partial charge in [-0.15, -0.1) is 0 Å². The van der Waals surface area contributed by atoms with E-state index in [1.54, 1.807) is 36.7 Å². The molecule has 10 heteroatoms. The van der Waals surface area contributed by atoms with Gasteiger partial charge in [-0.2, -0.15) is 4.98 Å². The summed E-state index contributed by atoms with van der Waals surface area (Å²) in [5, 5.41) is 3.89. The highest BCUT2D eigenvalue weighted by atomic mass is 16.5. The zero-order valence-electron chi connectivity index (χ0n) is 18.9. The van der Waals surface area contributed by atoms with Crippen molar-refractivity contribution < 1.29 is 14.1 Å². The minimum absolute atomic E-state index is 0.134. The van der Waals surface area contributed by atoms with Crippen molar-refractivity contribution in [3.05, 3.63) is 84.0 Å². The molecule has 0 spiro atoms. The highest BCUT2D eigenvalue weighted by Gasteiger charge is 2.31. The summed E-state index contributed by atoms with van der Waals surface area (Å²) in [5.41, 5.74) is 2.08. The molecule has 1 aliphatic heterocycles. The fourth-order valence-electron chi connectivity index (χ4n) is 4.22. The van der Waals surface area contributed by atoms with E-state index in [-0.39, 0.29) is 11.7 Å². The molecular weight excluding hydrogens is 446 g/mol. The number of anilines is 1. The zero-order valence-corrected chi connectivity index (χ0v) is 18.9. The van der Waals surface area contributed by atoms with E-state index in [1.807, 2.05) is 31.2 Å². The van der Waals surface area contributed by atoms with E-state index in [2.05, 4.69) is 35.0 Å². The number of aryl methyl sites for hydroxylation is 1. The standard InChI is InChI=1S/C25H21N7O3/c1-15-28-24(35-31-15)17-10-13-32(14-17)23-25(27-12-11-26-23)34-18-8-6-16(7-9-18)21(33)22-29-19-4-2-3-5-20(19)30-22/h2-9,11-12,17H,10,13-14H2,1H3,(H,29,30). The molecule has 0 radical (unpaired) electrons. The number of carbonyl (C=O) groups excluding carboxylic acids is 1. The molecule has 1 N–H and O–H groups in total. The number of H-pyrrole nitrogens is 1. The Morgan fingerprint density at radius 2 is 1.91 bits per heavy atom. The smallest absolute Gasteiger partial charge is 0.263 e. The van der Waals surface area contributed by atoms with Gasteiger partial charge in [-0.25, -0.2) is 15.0 Å². The SMILES string of the molecule is Cc1noc(C2CCN(c3nccnc3Oc3ccc(C(=O)c4nc5ccccc5[nH]4)cc3)C2)n1. The van der Waals surface area contributed by atoms with E-state index in [0.29, 0.717) is 47.1 Å². The van der Waals surface area contributed by atoms with Crippen molar-refractivity contribution >= 4 is 22.6 Å². The van der Waals surface area contributed by atoms with Crippen molar-refractivity contribution in [1.29, 1.82) is 0 Å². The van der Waals surface area contributed by atoms with Crippen molar-refractivity contribution in [2.75, 3.05) is 18.0 Å². The number of hydrogen-bond acceptors (Lipinski definition) is 9. The summed E-state index contributed by atoms with van der Waals surface area (Å²) in [6, 6.07) is 14.4. The molecule has 2 aromatic carbocycles. The lowest BCUT2D eigenvalue weighted by Crippen LogP contribution is -2.21. The number of fused-ring (bicyclic) bond motifs is 1. The van der Waals surface area contributed by atoms with Crippen LogP contribution in [-0.4, -0.2) is 48.9 Å². The van der Waals surface area contributed by atoms with Gasteiger partial charge in [0, 0.05) is 31.0 Å².